The number of allylic oxidation sites excluding steroid dienone is 4. The maximum Gasteiger partial charge on any atom is 0.853 e. The SMILES string of the molecule is C\C=C(Cl)/C=C(Cl)\C1=C\CN(Cc2ccccc2)CCN(Cc2ccccc2)Cc2cc(Cl)cc(Cl)c2[O][Al]([CH3])[O]1. The van der Waals surface area contributed by atoms with E-state index in [2.05, 4.69) is 58.3 Å². The van der Waals surface area contributed by atoms with Crippen LogP contribution in [0.25, 0.3) is 0 Å². The molecule has 0 aliphatic carbocycles. The first-order chi connectivity index (χ1) is 19.8. The predicted octanol–water partition coefficient (Wildman–Crippen LogP) is 9.17. The molecule has 3 aromatic carbocycles. The molecule has 3 aromatic rings. The van der Waals surface area contributed by atoms with Crippen molar-refractivity contribution < 1.29 is 7.58 Å². The van der Waals surface area contributed by atoms with Crippen LogP contribution in [-0.2, 0) is 23.4 Å². The van der Waals surface area contributed by atoms with E-state index in [9.17, 15) is 0 Å². The van der Waals surface area contributed by atoms with Gasteiger partial charge >= 0.3 is 14.8 Å². The lowest BCUT2D eigenvalue weighted by molar-refractivity contribution is 0.197. The van der Waals surface area contributed by atoms with Gasteiger partial charge in [0.2, 0.25) is 0 Å². The first-order valence-corrected chi connectivity index (χ1v) is 17.1. The van der Waals surface area contributed by atoms with E-state index >= 15 is 0 Å². The fourth-order valence-electron chi connectivity index (χ4n) is 4.58. The number of hydrogen-bond donors (Lipinski definition) is 0. The molecule has 0 bridgehead atoms. The van der Waals surface area contributed by atoms with Crippen LogP contribution in [0.4, 0.5) is 0 Å². The highest BCUT2D eigenvalue weighted by Gasteiger charge is 2.29. The van der Waals surface area contributed by atoms with Crippen LogP contribution >= 0.6 is 46.4 Å². The van der Waals surface area contributed by atoms with Gasteiger partial charge in [-0.2, -0.15) is 0 Å². The number of nitrogens with zero attached hydrogens (tertiary/aromatic N) is 2. The van der Waals surface area contributed by atoms with Crippen molar-refractivity contribution in [2.75, 3.05) is 19.6 Å². The minimum absolute atomic E-state index is 0.415. The molecule has 0 atom stereocenters. The third-order valence-corrected chi connectivity index (χ3v) is 8.87. The molecule has 0 radical (unpaired) electrons. The van der Waals surface area contributed by atoms with Gasteiger partial charge in [-0.25, -0.2) is 0 Å². The summed E-state index contributed by atoms with van der Waals surface area (Å²) in [5.41, 5.74) is 3.38. The van der Waals surface area contributed by atoms with Crippen molar-refractivity contribution in [2.45, 2.75) is 32.3 Å². The van der Waals surface area contributed by atoms with Gasteiger partial charge in [0.1, 0.15) is 5.75 Å². The van der Waals surface area contributed by atoms with Crippen molar-refractivity contribution in [1.82, 2.24) is 9.80 Å². The Morgan fingerprint density at radius 2 is 1.49 bits per heavy atom. The molecule has 214 valence electrons. The smallest absolute Gasteiger partial charge is 0.611 e. The molecule has 0 spiro atoms. The number of fused-ring (bicyclic) bond motifs is 1. The largest absolute Gasteiger partial charge is 0.853 e. The summed E-state index contributed by atoms with van der Waals surface area (Å²) in [4.78, 5) is 4.78. The molecule has 9 heteroatoms. The van der Waals surface area contributed by atoms with Crippen molar-refractivity contribution in [3.05, 3.63) is 134 Å². The standard InChI is InChI=1S/C31H32Cl4N2O2.CH3.Al/c1-2-26(32)18-28(34)30(38)13-14-36(20-23-9-5-3-6-10-23)15-16-37(21-24-11-7-4-8-12-24)22-25-17-27(33)19-29(35)31(25)39;;/h2-13,17-19,38-39H,14-16,20-22H2,1H3;1H3;/q;;+2/p-2/b26-2+,28-18+,30-13-;;. The van der Waals surface area contributed by atoms with Gasteiger partial charge in [0.15, 0.2) is 0 Å². The summed E-state index contributed by atoms with van der Waals surface area (Å²) in [5.74, 6) is 3.09. The van der Waals surface area contributed by atoms with Crippen LogP contribution in [0.5, 0.6) is 5.75 Å². The van der Waals surface area contributed by atoms with E-state index in [0.29, 0.717) is 44.7 Å². The predicted molar refractivity (Wildman–Crippen MR) is 174 cm³/mol. The van der Waals surface area contributed by atoms with Crippen LogP contribution < -0.4 is 3.79 Å². The Labute approximate surface area is 268 Å². The average Bonchev–Trinajstić information content (AvgIpc) is 2.96. The lowest BCUT2D eigenvalue weighted by Gasteiger charge is -2.28. The topological polar surface area (TPSA) is 24.9 Å². The number of benzene rings is 3. The Morgan fingerprint density at radius 1 is 0.878 bits per heavy atom. The molecule has 1 aliphatic heterocycles. The van der Waals surface area contributed by atoms with Gasteiger partial charge in [-0.3, -0.25) is 9.80 Å². The van der Waals surface area contributed by atoms with Gasteiger partial charge in [-0.1, -0.05) is 113 Å². The molecule has 4 rings (SSSR count). The van der Waals surface area contributed by atoms with E-state index in [4.69, 9.17) is 54.0 Å². The minimum atomic E-state index is -2.31. The molecule has 41 heavy (non-hydrogen) atoms. The normalized spacial score (nSPS) is 17.7. The average molecular weight is 646 g/mol. The summed E-state index contributed by atoms with van der Waals surface area (Å²) in [6, 6.07) is 24.5. The van der Waals surface area contributed by atoms with Crippen molar-refractivity contribution >= 4 is 61.2 Å². The van der Waals surface area contributed by atoms with E-state index in [0.717, 1.165) is 31.7 Å². The molecule has 1 heterocycles. The highest BCUT2D eigenvalue weighted by molar-refractivity contribution is 6.45. The van der Waals surface area contributed by atoms with Crippen molar-refractivity contribution in [3.63, 3.8) is 0 Å². The van der Waals surface area contributed by atoms with E-state index in [-0.39, 0.29) is 0 Å². The molecule has 4 nitrogen and oxygen atoms in total. The first kappa shape index (κ1) is 32.0. The Hall–Kier alpha value is -1.91. The highest BCUT2D eigenvalue weighted by atomic mass is 35.5. The first-order valence-electron chi connectivity index (χ1n) is 13.5. The van der Waals surface area contributed by atoms with E-state index in [1.54, 1.807) is 18.2 Å². The second kappa shape index (κ2) is 16.1. The lowest BCUT2D eigenvalue weighted by atomic mass is 10.1. The number of hydrogen-bond acceptors (Lipinski definition) is 4. The number of halogens is 4. The fraction of sp³-hybridized carbons (Fsp3) is 0.250. The van der Waals surface area contributed by atoms with E-state index < -0.39 is 14.8 Å². The Bertz CT molecular complexity index is 1380. The maximum absolute atomic E-state index is 6.74. The zero-order chi connectivity index (χ0) is 29.2. The Morgan fingerprint density at radius 3 is 2.12 bits per heavy atom. The van der Waals surface area contributed by atoms with E-state index in [1.807, 2.05) is 37.0 Å². The summed E-state index contributed by atoms with van der Waals surface area (Å²) < 4.78 is 12.8. The van der Waals surface area contributed by atoms with Gasteiger partial charge in [0, 0.05) is 54.9 Å². The second-order valence-corrected chi connectivity index (χ2v) is 13.1. The minimum Gasteiger partial charge on any atom is -0.611 e. The summed E-state index contributed by atoms with van der Waals surface area (Å²) in [6.45, 7) is 6.25. The molecule has 0 saturated carbocycles. The molecule has 0 aromatic heterocycles. The van der Waals surface area contributed by atoms with Gasteiger partial charge in [0.05, 0.1) is 15.8 Å². The molecule has 0 N–H and O–H groups in total. The Balaban J connectivity index is 1.74. The van der Waals surface area contributed by atoms with Crippen LogP contribution in [0.2, 0.25) is 15.8 Å². The van der Waals surface area contributed by atoms with Crippen molar-refractivity contribution in [1.29, 1.82) is 0 Å². The van der Waals surface area contributed by atoms with Crippen LogP contribution in [0.3, 0.4) is 0 Å². The van der Waals surface area contributed by atoms with Gasteiger partial charge in [0.25, 0.3) is 0 Å². The monoisotopic (exact) mass is 644 g/mol. The third kappa shape index (κ3) is 10.1. The third-order valence-electron chi connectivity index (χ3n) is 6.60. The van der Waals surface area contributed by atoms with Gasteiger partial charge in [-0.15, -0.1) is 0 Å². The molecular weight excluding hydrogens is 613 g/mol. The molecule has 0 fully saturated rings. The Kier molecular flexibility index (Phi) is 12.6. The second-order valence-electron chi connectivity index (χ2n) is 9.83. The summed E-state index contributed by atoms with van der Waals surface area (Å²) in [6.07, 6.45) is 5.49. The fourth-order valence-corrected chi connectivity index (χ4v) is 6.95. The zero-order valence-corrected chi connectivity index (χ0v) is 27.4. The van der Waals surface area contributed by atoms with Crippen LogP contribution in [-0.4, -0.2) is 44.2 Å². The molecule has 1 aliphatic rings. The van der Waals surface area contributed by atoms with Crippen LogP contribution in [0.1, 0.15) is 23.6 Å². The van der Waals surface area contributed by atoms with Crippen molar-refractivity contribution in [3.8, 4) is 5.75 Å². The number of rotatable bonds is 6. The molecule has 0 saturated heterocycles. The molecular formula is C32H33AlCl4N2O2. The molecule has 0 unspecified atom stereocenters. The highest BCUT2D eigenvalue weighted by Crippen LogP contribution is 2.35. The summed E-state index contributed by atoms with van der Waals surface area (Å²) >= 11 is 23.9. The van der Waals surface area contributed by atoms with Crippen LogP contribution in [0, 0.1) is 0 Å². The zero-order valence-electron chi connectivity index (χ0n) is 23.2. The van der Waals surface area contributed by atoms with Gasteiger partial charge in [-0.05, 0) is 48.1 Å². The summed E-state index contributed by atoms with van der Waals surface area (Å²) in [5, 5.41) is 1.96. The van der Waals surface area contributed by atoms with E-state index in [1.165, 1.54) is 11.1 Å². The van der Waals surface area contributed by atoms with Crippen molar-refractivity contribution in [2.24, 2.45) is 0 Å². The lowest BCUT2D eigenvalue weighted by Crippen LogP contribution is -2.34. The molecule has 0 amide bonds. The maximum atomic E-state index is 6.74. The van der Waals surface area contributed by atoms with Crippen LogP contribution in [0.15, 0.2) is 107 Å². The quantitative estimate of drug-likeness (QED) is 0.197. The van der Waals surface area contributed by atoms with Gasteiger partial charge < -0.3 is 7.58 Å². The summed E-state index contributed by atoms with van der Waals surface area (Å²) in [7, 11) is 0.